The molecular formula is C16H13N5OS. The van der Waals surface area contributed by atoms with E-state index in [0.717, 1.165) is 22.6 Å². The Balaban J connectivity index is 1.73. The number of thiophene rings is 1. The van der Waals surface area contributed by atoms with Gasteiger partial charge in [0.2, 0.25) is 5.88 Å². The summed E-state index contributed by atoms with van der Waals surface area (Å²) in [6, 6.07) is 5.76. The summed E-state index contributed by atoms with van der Waals surface area (Å²) in [6.45, 7) is 0. The predicted octanol–water partition coefficient (Wildman–Crippen LogP) is 3.61. The van der Waals surface area contributed by atoms with Gasteiger partial charge in [0, 0.05) is 29.4 Å². The SMILES string of the molecule is COc1ccc(Nc2nccn3c(-c4ccsc4)cnc23)cn1. The maximum atomic E-state index is 5.06. The van der Waals surface area contributed by atoms with Crippen LogP contribution in [0.3, 0.4) is 0 Å². The molecule has 0 atom stereocenters. The minimum absolute atomic E-state index is 0.572. The lowest BCUT2D eigenvalue weighted by atomic mass is 10.3. The van der Waals surface area contributed by atoms with Crippen molar-refractivity contribution in [2.24, 2.45) is 0 Å². The zero-order chi connectivity index (χ0) is 15.6. The van der Waals surface area contributed by atoms with E-state index in [1.807, 2.05) is 22.9 Å². The molecule has 0 spiro atoms. The van der Waals surface area contributed by atoms with Crippen LogP contribution in [0.4, 0.5) is 11.5 Å². The smallest absolute Gasteiger partial charge is 0.213 e. The van der Waals surface area contributed by atoms with Crippen LogP contribution in [0, 0.1) is 0 Å². The van der Waals surface area contributed by atoms with Crippen LogP contribution in [0.25, 0.3) is 16.9 Å². The summed E-state index contributed by atoms with van der Waals surface area (Å²) >= 11 is 1.66. The maximum Gasteiger partial charge on any atom is 0.213 e. The summed E-state index contributed by atoms with van der Waals surface area (Å²) in [7, 11) is 1.59. The summed E-state index contributed by atoms with van der Waals surface area (Å²) in [4.78, 5) is 13.1. The van der Waals surface area contributed by atoms with Crippen molar-refractivity contribution in [2.75, 3.05) is 12.4 Å². The van der Waals surface area contributed by atoms with E-state index < -0.39 is 0 Å². The Morgan fingerprint density at radius 3 is 2.83 bits per heavy atom. The molecule has 0 aromatic carbocycles. The number of fused-ring (bicyclic) bond motifs is 1. The van der Waals surface area contributed by atoms with Gasteiger partial charge in [0.25, 0.3) is 0 Å². The fraction of sp³-hybridized carbons (Fsp3) is 0.0625. The number of nitrogens with zero attached hydrogens (tertiary/aromatic N) is 4. The summed E-state index contributed by atoms with van der Waals surface area (Å²) in [5.41, 5.74) is 3.78. The van der Waals surface area contributed by atoms with Crippen LogP contribution < -0.4 is 10.1 Å². The molecular weight excluding hydrogens is 310 g/mol. The van der Waals surface area contributed by atoms with Crippen molar-refractivity contribution in [3.63, 3.8) is 0 Å². The first-order valence-electron chi connectivity index (χ1n) is 6.97. The minimum atomic E-state index is 0.572. The average molecular weight is 323 g/mol. The number of ether oxygens (including phenoxy) is 1. The molecule has 0 radical (unpaired) electrons. The van der Waals surface area contributed by atoms with Gasteiger partial charge in [0.1, 0.15) is 0 Å². The topological polar surface area (TPSA) is 64.3 Å². The first-order chi connectivity index (χ1) is 11.3. The molecule has 4 rings (SSSR count). The monoisotopic (exact) mass is 323 g/mol. The van der Waals surface area contributed by atoms with Crippen molar-refractivity contribution in [3.05, 3.63) is 53.7 Å². The van der Waals surface area contributed by atoms with E-state index in [1.165, 1.54) is 0 Å². The highest BCUT2D eigenvalue weighted by molar-refractivity contribution is 7.08. The van der Waals surface area contributed by atoms with Gasteiger partial charge in [-0.2, -0.15) is 11.3 Å². The van der Waals surface area contributed by atoms with Crippen LogP contribution in [-0.4, -0.2) is 26.5 Å². The van der Waals surface area contributed by atoms with E-state index >= 15 is 0 Å². The van der Waals surface area contributed by atoms with E-state index in [4.69, 9.17) is 4.74 Å². The molecule has 0 aliphatic heterocycles. The fourth-order valence-electron chi connectivity index (χ4n) is 2.34. The first-order valence-corrected chi connectivity index (χ1v) is 7.91. The number of nitrogens with one attached hydrogen (secondary N) is 1. The third-order valence-corrected chi connectivity index (χ3v) is 4.14. The van der Waals surface area contributed by atoms with Crippen molar-refractivity contribution in [3.8, 4) is 17.1 Å². The number of anilines is 2. The quantitative estimate of drug-likeness (QED) is 0.621. The normalized spacial score (nSPS) is 10.8. The molecule has 4 aromatic rings. The zero-order valence-corrected chi connectivity index (χ0v) is 13.1. The molecule has 0 aliphatic rings. The lowest BCUT2D eigenvalue weighted by Gasteiger charge is -2.07. The fourth-order valence-corrected chi connectivity index (χ4v) is 2.99. The number of rotatable bonds is 4. The zero-order valence-electron chi connectivity index (χ0n) is 12.3. The molecule has 1 N–H and O–H groups in total. The van der Waals surface area contributed by atoms with E-state index in [-0.39, 0.29) is 0 Å². The minimum Gasteiger partial charge on any atom is -0.481 e. The Kier molecular flexibility index (Phi) is 3.39. The molecule has 7 heteroatoms. The summed E-state index contributed by atoms with van der Waals surface area (Å²) in [5.74, 6) is 1.25. The molecule has 114 valence electrons. The van der Waals surface area contributed by atoms with Crippen LogP contribution in [0.15, 0.2) is 53.7 Å². The second-order valence-corrected chi connectivity index (χ2v) is 5.62. The molecule has 0 fully saturated rings. The van der Waals surface area contributed by atoms with Crippen molar-refractivity contribution >= 4 is 28.5 Å². The predicted molar refractivity (Wildman–Crippen MR) is 90.4 cm³/mol. The van der Waals surface area contributed by atoms with Gasteiger partial charge in [0.15, 0.2) is 11.5 Å². The molecule has 4 heterocycles. The largest absolute Gasteiger partial charge is 0.481 e. The lowest BCUT2D eigenvalue weighted by Crippen LogP contribution is -1.99. The second-order valence-electron chi connectivity index (χ2n) is 4.84. The Hall–Kier alpha value is -2.93. The molecule has 4 aromatic heterocycles. The Morgan fingerprint density at radius 1 is 1.13 bits per heavy atom. The molecule has 0 unspecified atom stereocenters. The van der Waals surface area contributed by atoms with Gasteiger partial charge in [-0.15, -0.1) is 0 Å². The molecule has 0 saturated carbocycles. The molecule has 0 bridgehead atoms. The number of aromatic nitrogens is 4. The van der Waals surface area contributed by atoms with E-state index in [9.17, 15) is 0 Å². The number of hydrogen-bond acceptors (Lipinski definition) is 6. The standard InChI is InChI=1S/C16H13N5OS/c1-22-14-3-2-12(8-18-14)20-15-16-19-9-13(11-4-7-23-10-11)21(16)6-5-17-15/h2-10H,1H3,(H,17,20). The summed E-state index contributed by atoms with van der Waals surface area (Å²) < 4.78 is 7.09. The van der Waals surface area contributed by atoms with Gasteiger partial charge >= 0.3 is 0 Å². The molecule has 6 nitrogen and oxygen atoms in total. The van der Waals surface area contributed by atoms with Gasteiger partial charge in [-0.1, -0.05) is 0 Å². The van der Waals surface area contributed by atoms with Crippen LogP contribution in [0.2, 0.25) is 0 Å². The van der Waals surface area contributed by atoms with Crippen LogP contribution in [0.1, 0.15) is 0 Å². The van der Waals surface area contributed by atoms with Gasteiger partial charge < -0.3 is 10.1 Å². The highest BCUT2D eigenvalue weighted by atomic mass is 32.1. The highest BCUT2D eigenvalue weighted by Crippen LogP contribution is 2.26. The van der Waals surface area contributed by atoms with Gasteiger partial charge in [-0.05, 0) is 17.5 Å². The Bertz CT molecular complexity index is 931. The van der Waals surface area contributed by atoms with E-state index in [1.54, 1.807) is 36.9 Å². The third-order valence-electron chi connectivity index (χ3n) is 3.45. The Labute approximate surface area is 136 Å². The van der Waals surface area contributed by atoms with Crippen molar-refractivity contribution in [1.29, 1.82) is 0 Å². The van der Waals surface area contributed by atoms with E-state index in [0.29, 0.717) is 11.7 Å². The van der Waals surface area contributed by atoms with Gasteiger partial charge in [-0.25, -0.2) is 15.0 Å². The number of pyridine rings is 1. The highest BCUT2D eigenvalue weighted by Gasteiger charge is 2.10. The second kappa shape index (κ2) is 5.69. The van der Waals surface area contributed by atoms with Gasteiger partial charge in [0.05, 0.1) is 30.9 Å². The van der Waals surface area contributed by atoms with E-state index in [2.05, 4.69) is 37.1 Å². The van der Waals surface area contributed by atoms with Crippen LogP contribution >= 0.6 is 11.3 Å². The number of imidazole rings is 1. The maximum absolute atomic E-state index is 5.06. The first kappa shape index (κ1) is 13.7. The third kappa shape index (κ3) is 2.51. The summed E-state index contributed by atoms with van der Waals surface area (Å²) in [6.07, 6.45) is 7.22. The Morgan fingerprint density at radius 2 is 2.09 bits per heavy atom. The van der Waals surface area contributed by atoms with Crippen molar-refractivity contribution in [1.82, 2.24) is 19.4 Å². The molecule has 0 aliphatic carbocycles. The number of hydrogen-bond donors (Lipinski definition) is 1. The molecule has 0 amide bonds. The van der Waals surface area contributed by atoms with Crippen LogP contribution in [0.5, 0.6) is 5.88 Å². The molecule has 0 saturated heterocycles. The van der Waals surface area contributed by atoms with Gasteiger partial charge in [-0.3, -0.25) is 4.40 Å². The van der Waals surface area contributed by atoms with Crippen molar-refractivity contribution < 1.29 is 4.74 Å². The van der Waals surface area contributed by atoms with Crippen LogP contribution in [-0.2, 0) is 0 Å². The number of methoxy groups -OCH3 is 1. The summed E-state index contributed by atoms with van der Waals surface area (Å²) in [5, 5.41) is 7.40. The average Bonchev–Trinajstić information content (AvgIpc) is 3.25. The van der Waals surface area contributed by atoms with Crippen molar-refractivity contribution in [2.45, 2.75) is 0 Å². The molecule has 23 heavy (non-hydrogen) atoms. The lowest BCUT2D eigenvalue weighted by molar-refractivity contribution is 0.398.